The van der Waals surface area contributed by atoms with Gasteiger partial charge in [0.1, 0.15) is 11.3 Å². The van der Waals surface area contributed by atoms with Crippen LogP contribution in [0.1, 0.15) is 26.3 Å². The molecule has 0 spiro atoms. The number of pyridine rings is 1. The Bertz CT molecular complexity index is 2090. The van der Waals surface area contributed by atoms with Crippen molar-refractivity contribution in [3.63, 3.8) is 0 Å². The van der Waals surface area contributed by atoms with Crippen molar-refractivity contribution < 1.29 is 9.52 Å². The van der Waals surface area contributed by atoms with Gasteiger partial charge in [0, 0.05) is 33.8 Å². The molecule has 0 radical (unpaired) electrons. The largest absolute Gasteiger partial charge is 0.507 e. The molecule has 0 bridgehead atoms. The van der Waals surface area contributed by atoms with Gasteiger partial charge in [-0.15, -0.1) is 0 Å². The van der Waals surface area contributed by atoms with Crippen molar-refractivity contribution in [3.8, 4) is 50.6 Å². The number of rotatable bonds is 4. The van der Waals surface area contributed by atoms with Gasteiger partial charge in [0.05, 0.1) is 5.52 Å². The molecule has 5 aromatic carbocycles. The van der Waals surface area contributed by atoms with Crippen molar-refractivity contribution >= 4 is 22.0 Å². The highest BCUT2D eigenvalue weighted by atomic mass is 16.3. The summed E-state index contributed by atoms with van der Waals surface area (Å²) in [6, 6.07) is 38.7. The Morgan fingerprint density at radius 2 is 1.36 bits per heavy atom. The average Bonchev–Trinajstić information content (AvgIpc) is 3.46. The molecule has 1 N–H and O–H groups in total. The fourth-order valence-corrected chi connectivity index (χ4v) is 5.54. The summed E-state index contributed by atoms with van der Waals surface area (Å²) in [6.07, 6.45) is 1.85. The van der Waals surface area contributed by atoms with E-state index in [0.717, 1.165) is 55.4 Å². The van der Waals surface area contributed by atoms with Crippen LogP contribution in [0.2, 0.25) is 0 Å². The molecule has 0 fully saturated rings. The first-order chi connectivity index (χ1) is 20.3. The number of benzene rings is 5. The van der Waals surface area contributed by atoms with Gasteiger partial charge in [-0.1, -0.05) is 93.6 Å². The van der Waals surface area contributed by atoms with Crippen LogP contribution in [0.15, 0.2) is 126 Å². The fourth-order valence-electron chi connectivity index (χ4n) is 5.54. The van der Waals surface area contributed by atoms with Gasteiger partial charge in [-0.2, -0.15) is 0 Å². The van der Waals surface area contributed by atoms with Crippen molar-refractivity contribution in [3.05, 3.63) is 127 Å². The van der Waals surface area contributed by atoms with E-state index < -0.39 is 0 Å². The predicted molar refractivity (Wildman–Crippen MR) is 171 cm³/mol. The van der Waals surface area contributed by atoms with Crippen LogP contribution in [-0.2, 0) is 5.41 Å². The van der Waals surface area contributed by atoms with Crippen molar-refractivity contribution in [2.24, 2.45) is 0 Å². The highest BCUT2D eigenvalue weighted by Gasteiger charge is 2.21. The molecule has 0 aliphatic carbocycles. The van der Waals surface area contributed by atoms with Gasteiger partial charge >= 0.3 is 0 Å². The number of nitrogens with zero attached hydrogens (tertiary/aromatic N) is 2. The lowest BCUT2D eigenvalue weighted by atomic mass is 9.83. The Morgan fingerprint density at radius 3 is 2.17 bits per heavy atom. The molecule has 0 amide bonds. The molecule has 7 rings (SSSR count). The van der Waals surface area contributed by atoms with E-state index in [9.17, 15) is 5.11 Å². The summed E-state index contributed by atoms with van der Waals surface area (Å²) in [6.45, 7) is 6.65. The molecule has 42 heavy (non-hydrogen) atoms. The summed E-state index contributed by atoms with van der Waals surface area (Å²) in [4.78, 5) is 9.80. The van der Waals surface area contributed by atoms with Crippen LogP contribution in [0.25, 0.3) is 66.8 Å². The highest BCUT2D eigenvalue weighted by Crippen LogP contribution is 2.40. The van der Waals surface area contributed by atoms with E-state index in [1.807, 2.05) is 54.7 Å². The van der Waals surface area contributed by atoms with Gasteiger partial charge in [-0.3, -0.25) is 4.98 Å². The first kappa shape index (κ1) is 25.7. The molecule has 0 unspecified atom stereocenters. The highest BCUT2D eigenvalue weighted by molar-refractivity contribution is 5.98. The van der Waals surface area contributed by atoms with Crippen LogP contribution in [0.5, 0.6) is 5.75 Å². The SMILES string of the molecule is CC(C)(C)c1cc(-c2nc3c(-c4ccccc4O)cccc3o2)cc(-c2cc(-c3ccccc3)cc3cccnc23)c1. The van der Waals surface area contributed by atoms with E-state index in [1.165, 1.54) is 5.56 Å². The second-order valence-corrected chi connectivity index (χ2v) is 11.7. The van der Waals surface area contributed by atoms with Gasteiger partial charge in [-0.25, -0.2) is 4.98 Å². The number of para-hydroxylation sites is 2. The summed E-state index contributed by atoms with van der Waals surface area (Å²) in [7, 11) is 0. The molecule has 4 nitrogen and oxygen atoms in total. The van der Waals surface area contributed by atoms with Gasteiger partial charge in [-0.05, 0) is 70.1 Å². The number of fused-ring (bicyclic) bond motifs is 2. The normalized spacial score (nSPS) is 11.8. The quantitative estimate of drug-likeness (QED) is 0.239. The Morgan fingerprint density at radius 1 is 0.595 bits per heavy atom. The van der Waals surface area contributed by atoms with Crippen LogP contribution >= 0.6 is 0 Å². The van der Waals surface area contributed by atoms with Gasteiger partial charge in [0.25, 0.3) is 0 Å². The second kappa shape index (κ2) is 10.0. The zero-order valence-electron chi connectivity index (χ0n) is 23.8. The van der Waals surface area contributed by atoms with Crippen LogP contribution < -0.4 is 0 Å². The van der Waals surface area contributed by atoms with Crippen LogP contribution in [0.3, 0.4) is 0 Å². The number of oxazole rings is 1. The standard InChI is InChI=1S/C38H30N2O2/c1-38(2,3)29-21-27(32-23-26(24-11-5-4-6-12-24)19-25-13-10-18-39-35(25)32)20-28(22-29)37-40-36-31(15-9-17-34(36)42-37)30-14-7-8-16-33(30)41/h4-23,41H,1-3H3. The maximum atomic E-state index is 10.6. The average molecular weight is 547 g/mol. The van der Waals surface area contributed by atoms with E-state index in [-0.39, 0.29) is 11.2 Å². The monoisotopic (exact) mass is 546 g/mol. The molecule has 7 aromatic rings. The minimum Gasteiger partial charge on any atom is -0.507 e. The fraction of sp³-hybridized carbons (Fsp3) is 0.105. The van der Waals surface area contributed by atoms with Gasteiger partial charge in [0.2, 0.25) is 5.89 Å². The number of hydrogen-bond donors (Lipinski definition) is 1. The minimum atomic E-state index is -0.113. The van der Waals surface area contributed by atoms with Crippen molar-refractivity contribution in [2.75, 3.05) is 0 Å². The zero-order valence-corrected chi connectivity index (χ0v) is 23.8. The number of aromatic hydroxyl groups is 1. The third kappa shape index (κ3) is 4.61. The minimum absolute atomic E-state index is 0.113. The molecule has 0 aliphatic rings. The van der Waals surface area contributed by atoms with E-state index in [2.05, 4.69) is 81.4 Å². The van der Waals surface area contributed by atoms with E-state index >= 15 is 0 Å². The van der Waals surface area contributed by atoms with Crippen LogP contribution in [0.4, 0.5) is 0 Å². The Hall–Kier alpha value is -5.22. The molecule has 2 heterocycles. The summed E-state index contributed by atoms with van der Waals surface area (Å²) < 4.78 is 6.39. The van der Waals surface area contributed by atoms with E-state index in [0.29, 0.717) is 11.5 Å². The second-order valence-electron chi connectivity index (χ2n) is 11.7. The molecular weight excluding hydrogens is 516 g/mol. The number of phenols is 1. The maximum absolute atomic E-state index is 10.6. The summed E-state index contributed by atoms with van der Waals surface area (Å²) in [5.74, 6) is 0.751. The lowest BCUT2D eigenvalue weighted by Gasteiger charge is -2.21. The van der Waals surface area contributed by atoms with Crippen LogP contribution in [-0.4, -0.2) is 15.1 Å². The lowest BCUT2D eigenvalue weighted by Crippen LogP contribution is -2.11. The molecular formula is C38H30N2O2. The lowest BCUT2D eigenvalue weighted by molar-refractivity contribution is 0.477. The first-order valence-electron chi connectivity index (χ1n) is 14.1. The van der Waals surface area contributed by atoms with E-state index in [4.69, 9.17) is 14.4 Å². The van der Waals surface area contributed by atoms with Crippen molar-refractivity contribution in [1.82, 2.24) is 9.97 Å². The molecule has 0 saturated carbocycles. The Kier molecular flexibility index (Phi) is 6.13. The van der Waals surface area contributed by atoms with Gasteiger partial charge in [0.15, 0.2) is 5.58 Å². The van der Waals surface area contributed by atoms with Gasteiger partial charge < -0.3 is 9.52 Å². The van der Waals surface area contributed by atoms with E-state index in [1.54, 1.807) is 6.07 Å². The number of phenolic OH excluding ortho intramolecular Hbond substituents is 1. The molecule has 2 aromatic heterocycles. The van der Waals surface area contributed by atoms with Crippen molar-refractivity contribution in [2.45, 2.75) is 26.2 Å². The summed E-state index contributed by atoms with van der Waals surface area (Å²) in [5.41, 5.74) is 10.3. The maximum Gasteiger partial charge on any atom is 0.227 e. The molecule has 0 saturated heterocycles. The summed E-state index contributed by atoms with van der Waals surface area (Å²) in [5, 5.41) is 11.7. The number of hydrogen-bond acceptors (Lipinski definition) is 4. The predicted octanol–water partition coefficient (Wildman–Crippen LogP) is 10.0. The van der Waals surface area contributed by atoms with Crippen molar-refractivity contribution in [1.29, 1.82) is 0 Å². The third-order valence-electron chi connectivity index (χ3n) is 7.78. The Balaban J connectivity index is 1.45. The molecule has 4 heteroatoms. The third-order valence-corrected chi connectivity index (χ3v) is 7.78. The smallest absolute Gasteiger partial charge is 0.227 e. The summed E-state index contributed by atoms with van der Waals surface area (Å²) >= 11 is 0. The Labute approximate surface area is 245 Å². The molecule has 204 valence electrons. The topological polar surface area (TPSA) is 59.2 Å². The molecule has 0 atom stereocenters. The first-order valence-corrected chi connectivity index (χ1v) is 14.1. The number of aromatic nitrogens is 2. The van der Waals surface area contributed by atoms with Crippen LogP contribution in [0, 0.1) is 0 Å². The zero-order chi connectivity index (χ0) is 28.8. The molecule has 0 aliphatic heterocycles.